The molecule has 0 aliphatic rings. The average molecular weight is 325 g/mol. The van der Waals surface area contributed by atoms with Gasteiger partial charge in [0, 0.05) is 10.4 Å². The third kappa shape index (κ3) is 3.71. The number of carbonyl (C=O) groups excluding carboxylic acids is 1. The molecule has 118 valence electrons. The lowest BCUT2D eigenvalue weighted by Gasteiger charge is -2.15. The maximum Gasteiger partial charge on any atom is 0.227 e. The van der Waals surface area contributed by atoms with Gasteiger partial charge in [0.05, 0.1) is 25.0 Å². The van der Waals surface area contributed by atoms with Crippen molar-refractivity contribution in [2.24, 2.45) is 0 Å². The first-order valence-electron chi connectivity index (χ1n) is 7.70. The van der Waals surface area contributed by atoms with Gasteiger partial charge in [0.25, 0.3) is 0 Å². The summed E-state index contributed by atoms with van der Waals surface area (Å²) < 4.78 is 5.11. The minimum absolute atomic E-state index is 0.0805. The summed E-state index contributed by atoms with van der Waals surface area (Å²) in [6, 6.07) is 14.0. The van der Waals surface area contributed by atoms with Crippen LogP contribution in [-0.4, -0.2) is 5.91 Å². The molecule has 23 heavy (non-hydrogen) atoms. The topological polar surface area (TPSA) is 42.2 Å². The highest BCUT2D eigenvalue weighted by molar-refractivity contribution is 7.10. The molecule has 0 aliphatic carbocycles. The van der Waals surface area contributed by atoms with Gasteiger partial charge in [-0.05, 0) is 35.1 Å². The van der Waals surface area contributed by atoms with E-state index in [4.69, 9.17) is 4.42 Å². The highest BCUT2D eigenvalue weighted by atomic mass is 32.1. The fourth-order valence-corrected chi connectivity index (χ4v) is 3.44. The lowest BCUT2D eigenvalue weighted by atomic mass is 9.96. The fraction of sp³-hybridized carbons (Fsp3) is 0.211. The number of nitrogens with one attached hydrogen (secondary N) is 1. The third-order valence-electron chi connectivity index (χ3n) is 3.87. The molecule has 1 atom stereocenters. The molecule has 3 aromatic rings. The van der Waals surface area contributed by atoms with Crippen molar-refractivity contribution in [3.8, 4) is 11.1 Å². The van der Waals surface area contributed by atoms with Crippen LogP contribution in [-0.2, 0) is 11.3 Å². The molecule has 0 fully saturated rings. The molecule has 1 unspecified atom stereocenters. The standard InChI is InChI=1S/C19H19NO2S/c1-2-18(14-6-4-3-5-7-14)19(21)20-11-17-10-16(13-23-17)15-8-9-22-12-15/h3-10,12-13,18H,2,11H2,1H3,(H,20,21). The highest BCUT2D eigenvalue weighted by Gasteiger charge is 2.18. The van der Waals surface area contributed by atoms with E-state index in [0.29, 0.717) is 6.54 Å². The van der Waals surface area contributed by atoms with E-state index in [-0.39, 0.29) is 11.8 Å². The predicted molar refractivity (Wildman–Crippen MR) is 93.3 cm³/mol. The second kappa shape index (κ2) is 7.29. The van der Waals surface area contributed by atoms with Gasteiger partial charge >= 0.3 is 0 Å². The van der Waals surface area contributed by atoms with E-state index >= 15 is 0 Å². The minimum Gasteiger partial charge on any atom is -0.472 e. The fourth-order valence-electron chi connectivity index (χ4n) is 2.61. The lowest BCUT2D eigenvalue weighted by Crippen LogP contribution is -2.28. The van der Waals surface area contributed by atoms with Gasteiger partial charge in [0.2, 0.25) is 5.91 Å². The molecule has 1 amide bonds. The van der Waals surface area contributed by atoms with Gasteiger partial charge in [0.1, 0.15) is 0 Å². The molecule has 4 heteroatoms. The van der Waals surface area contributed by atoms with Crippen LogP contribution in [0, 0.1) is 0 Å². The Morgan fingerprint density at radius 2 is 2.04 bits per heavy atom. The molecule has 0 spiro atoms. The van der Waals surface area contributed by atoms with Gasteiger partial charge in [0.15, 0.2) is 0 Å². The van der Waals surface area contributed by atoms with Crippen molar-refractivity contribution in [2.75, 3.05) is 0 Å². The van der Waals surface area contributed by atoms with Crippen LogP contribution in [0.2, 0.25) is 0 Å². The van der Waals surface area contributed by atoms with Crippen molar-refractivity contribution in [1.82, 2.24) is 5.32 Å². The summed E-state index contributed by atoms with van der Waals surface area (Å²) >= 11 is 1.65. The number of carbonyl (C=O) groups is 1. The first-order chi connectivity index (χ1) is 11.3. The first-order valence-corrected chi connectivity index (χ1v) is 8.58. The van der Waals surface area contributed by atoms with Crippen molar-refractivity contribution in [3.05, 3.63) is 70.8 Å². The van der Waals surface area contributed by atoms with E-state index in [1.807, 2.05) is 43.3 Å². The summed E-state index contributed by atoms with van der Waals surface area (Å²) in [6.45, 7) is 2.60. The monoisotopic (exact) mass is 325 g/mol. The summed E-state index contributed by atoms with van der Waals surface area (Å²) in [5.41, 5.74) is 3.26. The summed E-state index contributed by atoms with van der Waals surface area (Å²) in [6.07, 6.45) is 4.19. The van der Waals surface area contributed by atoms with Crippen LogP contribution in [0.25, 0.3) is 11.1 Å². The number of amides is 1. The number of rotatable bonds is 6. The Kier molecular flexibility index (Phi) is 4.93. The molecule has 0 saturated carbocycles. The second-order valence-electron chi connectivity index (χ2n) is 5.40. The lowest BCUT2D eigenvalue weighted by molar-refractivity contribution is -0.122. The Hall–Kier alpha value is -2.33. The zero-order valence-electron chi connectivity index (χ0n) is 13.0. The Labute approximate surface area is 140 Å². The van der Waals surface area contributed by atoms with Gasteiger partial charge in [-0.25, -0.2) is 0 Å². The van der Waals surface area contributed by atoms with Crippen LogP contribution in [0.3, 0.4) is 0 Å². The Morgan fingerprint density at radius 3 is 2.74 bits per heavy atom. The van der Waals surface area contributed by atoms with Gasteiger partial charge in [-0.1, -0.05) is 37.3 Å². The molecule has 3 rings (SSSR count). The molecule has 2 aromatic heterocycles. The van der Waals surface area contributed by atoms with E-state index in [0.717, 1.165) is 28.0 Å². The molecule has 0 aliphatic heterocycles. The third-order valence-corrected chi connectivity index (χ3v) is 4.81. The number of hydrogen-bond donors (Lipinski definition) is 1. The molecular formula is C19H19NO2S. The number of furan rings is 1. The minimum atomic E-state index is -0.0930. The number of benzene rings is 1. The summed E-state index contributed by atoms with van der Waals surface area (Å²) in [5.74, 6) is -0.0125. The first kappa shape index (κ1) is 15.6. The van der Waals surface area contributed by atoms with Crippen LogP contribution >= 0.6 is 11.3 Å². The van der Waals surface area contributed by atoms with Crippen LogP contribution in [0.5, 0.6) is 0 Å². The zero-order valence-corrected chi connectivity index (χ0v) is 13.8. The predicted octanol–water partition coefficient (Wildman–Crippen LogP) is 4.82. The van der Waals surface area contributed by atoms with Crippen molar-refractivity contribution >= 4 is 17.2 Å². The van der Waals surface area contributed by atoms with Crippen molar-refractivity contribution in [2.45, 2.75) is 25.8 Å². The SMILES string of the molecule is CCC(C(=O)NCc1cc(-c2ccoc2)cs1)c1ccccc1. The maximum atomic E-state index is 12.5. The van der Waals surface area contributed by atoms with E-state index in [1.54, 1.807) is 23.9 Å². The maximum absolute atomic E-state index is 12.5. The van der Waals surface area contributed by atoms with Gasteiger partial charge in [-0.2, -0.15) is 0 Å². The Bertz CT molecular complexity index is 747. The zero-order chi connectivity index (χ0) is 16.1. The Balaban J connectivity index is 1.62. The van der Waals surface area contributed by atoms with Crippen molar-refractivity contribution in [1.29, 1.82) is 0 Å². The molecule has 0 saturated heterocycles. The van der Waals surface area contributed by atoms with Crippen molar-refractivity contribution < 1.29 is 9.21 Å². The van der Waals surface area contributed by atoms with Crippen LogP contribution < -0.4 is 5.32 Å². The average Bonchev–Trinajstić information content (AvgIpc) is 3.26. The molecule has 1 N–H and O–H groups in total. The molecular weight excluding hydrogens is 306 g/mol. The van der Waals surface area contributed by atoms with Gasteiger partial charge in [-0.15, -0.1) is 11.3 Å². The molecule has 0 bridgehead atoms. The Morgan fingerprint density at radius 1 is 1.22 bits per heavy atom. The largest absolute Gasteiger partial charge is 0.472 e. The van der Waals surface area contributed by atoms with E-state index in [2.05, 4.69) is 16.8 Å². The number of hydrogen-bond acceptors (Lipinski definition) is 3. The molecule has 2 heterocycles. The summed E-state index contributed by atoms with van der Waals surface area (Å²) in [7, 11) is 0. The van der Waals surface area contributed by atoms with Crippen molar-refractivity contribution in [3.63, 3.8) is 0 Å². The van der Waals surface area contributed by atoms with Gasteiger partial charge in [-0.3, -0.25) is 4.79 Å². The van der Waals surface area contributed by atoms with Crippen LogP contribution in [0.4, 0.5) is 0 Å². The van der Waals surface area contributed by atoms with Crippen LogP contribution in [0.15, 0.2) is 64.8 Å². The molecule has 3 nitrogen and oxygen atoms in total. The van der Waals surface area contributed by atoms with Crippen LogP contribution in [0.1, 0.15) is 29.7 Å². The summed E-state index contributed by atoms with van der Waals surface area (Å²) in [5, 5.41) is 5.14. The normalized spacial score (nSPS) is 12.0. The smallest absolute Gasteiger partial charge is 0.227 e. The van der Waals surface area contributed by atoms with E-state index in [1.165, 1.54) is 0 Å². The number of thiophene rings is 1. The highest BCUT2D eigenvalue weighted by Crippen LogP contribution is 2.26. The van der Waals surface area contributed by atoms with E-state index < -0.39 is 0 Å². The molecule has 1 aromatic carbocycles. The second-order valence-corrected chi connectivity index (χ2v) is 6.40. The summed E-state index contributed by atoms with van der Waals surface area (Å²) in [4.78, 5) is 13.6. The van der Waals surface area contributed by atoms with Gasteiger partial charge < -0.3 is 9.73 Å². The van der Waals surface area contributed by atoms with E-state index in [9.17, 15) is 4.79 Å². The molecule has 0 radical (unpaired) electrons. The quantitative estimate of drug-likeness (QED) is 0.706.